The zero-order valence-corrected chi connectivity index (χ0v) is 9.86. The molecule has 0 unspecified atom stereocenters. The molecule has 0 atom stereocenters. The molecule has 0 N–H and O–H groups in total. The normalized spacial score (nSPS) is 10.9. The van der Waals surface area contributed by atoms with Gasteiger partial charge in [0.15, 0.2) is 0 Å². The predicted molar refractivity (Wildman–Crippen MR) is 63.9 cm³/mol. The molecule has 15 heavy (non-hydrogen) atoms. The second-order valence-corrected chi connectivity index (χ2v) is 4.28. The number of rotatable bonds is 0. The summed E-state index contributed by atoms with van der Waals surface area (Å²) in [5.41, 5.74) is 1.27. The van der Waals surface area contributed by atoms with Crippen LogP contribution < -0.4 is 5.56 Å². The van der Waals surface area contributed by atoms with Gasteiger partial charge in [0.1, 0.15) is 0 Å². The van der Waals surface area contributed by atoms with Gasteiger partial charge in [0.2, 0.25) is 0 Å². The average molecular weight is 242 g/mol. The molecule has 1 aromatic heterocycles. The van der Waals surface area contributed by atoms with E-state index in [1.54, 1.807) is 36.7 Å². The minimum absolute atomic E-state index is 0.0742. The van der Waals surface area contributed by atoms with Gasteiger partial charge in [-0.3, -0.25) is 4.79 Å². The number of aryl methyl sites for hydroxylation is 1. The number of benzene rings is 1. The summed E-state index contributed by atoms with van der Waals surface area (Å²) in [7, 11) is 1.72. The van der Waals surface area contributed by atoms with Gasteiger partial charge in [0.25, 0.3) is 5.56 Å². The van der Waals surface area contributed by atoms with Crippen molar-refractivity contribution in [1.82, 2.24) is 4.57 Å². The van der Waals surface area contributed by atoms with Crippen molar-refractivity contribution in [3.8, 4) is 0 Å². The third-order valence-electron chi connectivity index (χ3n) is 2.51. The molecule has 2 rings (SSSR count). The second-order valence-electron chi connectivity index (χ2n) is 3.46. The van der Waals surface area contributed by atoms with Gasteiger partial charge < -0.3 is 4.57 Å². The smallest absolute Gasteiger partial charge is 0.255 e. The van der Waals surface area contributed by atoms with E-state index in [1.807, 2.05) is 0 Å². The molecule has 0 fully saturated rings. The molecule has 1 aromatic carbocycles. The lowest BCUT2D eigenvalue weighted by Crippen LogP contribution is -2.19. The summed E-state index contributed by atoms with van der Waals surface area (Å²) in [5, 5.41) is 1.90. The quantitative estimate of drug-likeness (QED) is 0.695. The lowest BCUT2D eigenvalue weighted by molar-refractivity contribution is 0.893. The predicted octanol–water partition coefficient (Wildman–Crippen LogP) is 3.15. The number of halogens is 2. The van der Waals surface area contributed by atoms with Gasteiger partial charge in [-0.05, 0) is 25.1 Å². The van der Waals surface area contributed by atoms with Crippen LogP contribution in [0.4, 0.5) is 0 Å². The van der Waals surface area contributed by atoms with E-state index in [4.69, 9.17) is 23.2 Å². The fourth-order valence-corrected chi connectivity index (χ4v) is 2.04. The largest absolute Gasteiger partial charge is 0.311 e. The van der Waals surface area contributed by atoms with Crippen LogP contribution in [0.15, 0.2) is 23.0 Å². The molecule has 0 bridgehead atoms. The maximum atomic E-state index is 11.7. The standard InChI is InChI=1S/C11H9Cl2NO/c1-6-10(13)8-5-7(12)3-4-9(8)14(2)11(6)15/h3-5H,1-2H3. The zero-order valence-electron chi connectivity index (χ0n) is 8.34. The Morgan fingerprint density at radius 3 is 2.60 bits per heavy atom. The van der Waals surface area contributed by atoms with Crippen molar-refractivity contribution in [2.45, 2.75) is 6.92 Å². The molecular formula is C11H9Cl2NO. The first-order valence-electron chi connectivity index (χ1n) is 4.46. The molecule has 0 spiro atoms. The molecule has 2 nitrogen and oxygen atoms in total. The van der Waals surface area contributed by atoms with E-state index in [9.17, 15) is 4.79 Å². The van der Waals surface area contributed by atoms with Gasteiger partial charge in [0.05, 0.1) is 10.5 Å². The zero-order chi connectivity index (χ0) is 11.2. The van der Waals surface area contributed by atoms with Crippen molar-refractivity contribution in [2.24, 2.45) is 7.05 Å². The monoisotopic (exact) mass is 241 g/mol. The van der Waals surface area contributed by atoms with Crippen LogP contribution in [0.1, 0.15) is 5.56 Å². The van der Waals surface area contributed by atoms with Gasteiger partial charge in [-0.15, -0.1) is 0 Å². The number of fused-ring (bicyclic) bond motifs is 1. The van der Waals surface area contributed by atoms with Crippen molar-refractivity contribution >= 4 is 34.1 Å². The summed E-state index contributed by atoms with van der Waals surface area (Å²) >= 11 is 12.0. The van der Waals surface area contributed by atoms with Crippen molar-refractivity contribution < 1.29 is 0 Å². The Morgan fingerprint density at radius 1 is 1.27 bits per heavy atom. The van der Waals surface area contributed by atoms with Crippen molar-refractivity contribution in [3.63, 3.8) is 0 Å². The fourth-order valence-electron chi connectivity index (χ4n) is 1.63. The highest BCUT2D eigenvalue weighted by Gasteiger charge is 2.09. The summed E-state index contributed by atoms with van der Waals surface area (Å²) in [6.07, 6.45) is 0. The van der Waals surface area contributed by atoms with Gasteiger partial charge in [-0.25, -0.2) is 0 Å². The Kier molecular flexibility index (Phi) is 2.49. The first-order chi connectivity index (χ1) is 7.02. The molecule has 1 heterocycles. The van der Waals surface area contributed by atoms with Gasteiger partial charge in [-0.2, -0.15) is 0 Å². The number of aromatic nitrogens is 1. The average Bonchev–Trinajstić information content (AvgIpc) is 2.23. The van der Waals surface area contributed by atoms with Crippen LogP contribution in [0.3, 0.4) is 0 Å². The molecule has 0 aliphatic rings. The second kappa shape index (κ2) is 3.54. The van der Waals surface area contributed by atoms with E-state index in [0.717, 1.165) is 10.9 Å². The number of hydrogen-bond acceptors (Lipinski definition) is 1. The molecule has 0 amide bonds. The lowest BCUT2D eigenvalue weighted by Gasteiger charge is -2.09. The molecule has 0 saturated carbocycles. The van der Waals surface area contributed by atoms with E-state index in [-0.39, 0.29) is 5.56 Å². The van der Waals surface area contributed by atoms with Crippen LogP contribution in [0.5, 0.6) is 0 Å². The van der Waals surface area contributed by atoms with E-state index in [2.05, 4.69) is 0 Å². The molecule has 0 radical (unpaired) electrons. The van der Waals surface area contributed by atoms with Crippen LogP contribution in [0.2, 0.25) is 10.0 Å². The van der Waals surface area contributed by atoms with Crippen LogP contribution in [-0.2, 0) is 7.05 Å². The van der Waals surface area contributed by atoms with Gasteiger partial charge >= 0.3 is 0 Å². The highest BCUT2D eigenvalue weighted by Crippen LogP contribution is 2.26. The summed E-state index contributed by atoms with van der Waals surface area (Å²) in [5.74, 6) is 0. The maximum absolute atomic E-state index is 11.7. The van der Waals surface area contributed by atoms with E-state index >= 15 is 0 Å². The maximum Gasteiger partial charge on any atom is 0.255 e. The van der Waals surface area contributed by atoms with Crippen LogP contribution in [0.25, 0.3) is 10.9 Å². The Hall–Kier alpha value is -0.990. The Bertz CT molecular complexity index is 602. The van der Waals surface area contributed by atoms with Crippen molar-refractivity contribution in [1.29, 1.82) is 0 Å². The number of hydrogen-bond donors (Lipinski definition) is 0. The van der Waals surface area contributed by atoms with Crippen LogP contribution in [-0.4, -0.2) is 4.57 Å². The molecule has 0 saturated heterocycles. The van der Waals surface area contributed by atoms with E-state index in [0.29, 0.717) is 15.6 Å². The Morgan fingerprint density at radius 2 is 1.93 bits per heavy atom. The van der Waals surface area contributed by atoms with Crippen molar-refractivity contribution in [2.75, 3.05) is 0 Å². The van der Waals surface area contributed by atoms with E-state index < -0.39 is 0 Å². The minimum atomic E-state index is -0.0742. The molecule has 0 aliphatic carbocycles. The minimum Gasteiger partial charge on any atom is -0.311 e. The molecule has 2 aromatic rings. The van der Waals surface area contributed by atoms with Crippen LogP contribution in [0, 0.1) is 6.92 Å². The SMILES string of the molecule is Cc1c(Cl)c2cc(Cl)ccc2n(C)c1=O. The fraction of sp³-hybridized carbons (Fsp3) is 0.182. The molecule has 0 aliphatic heterocycles. The molecule has 78 valence electrons. The highest BCUT2D eigenvalue weighted by atomic mass is 35.5. The van der Waals surface area contributed by atoms with Crippen LogP contribution >= 0.6 is 23.2 Å². The highest BCUT2D eigenvalue weighted by molar-refractivity contribution is 6.37. The summed E-state index contributed by atoms with van der Waals surface area (Å²) in [6.45, 7) is 1.71. The first-order valence-corrected chi connectivity index (χ1v) is 5.22. The molecular weight excluding hydrogens is 233 g/mol. The third kappa shape index (κ3) is 1.54. The summed E-state index contributed by atoms with van der Waals surface area (Å²) < 4.78 is 1.58. The topological polar surface area (TPSA) is 22.0 Å². The summed E-state index contributed by atoms with van der Waals surface area (Å²) in [6, 6.07) is 5.31. The number of pyridine rings is 1. The Balaban J connectivity index is 3.07. The lowest BCUT2D eigenvalue weighted by atomic mass is 10.1. The van der Waals surface area contributed by atoms with Gasteiger partial charge in [-0.1, -0.05) is 23.2 Å². The van der Waals surface area contributed by atoms with Gasteiger partial charge in [0, 0.05) is 23.0 Å². The first kappa shape index (κ1) is 10.5. The number of nitrogens with zero attached hydrogens (tertiary/aromatic N) is 1. The van der Waals surface area contributed by atoms with E-state index in [1.165, 1.54) is 0 Å². The Labute approximate surface area is 97.0 Å². The third-order valence-corrected chi connectivity index (χ3v) is 3.23. The molecule has 4 heteroatoms. The van der Waals surface area contributed by atoms with Crippen molar-refractivity contribution in [3.05, 3.63) is 44.2 Å². The summed E-state index contributed by atoms with van der Waals surface area (Å²) in [4.78, 5) is 11.7.